The zero-order valence-electron chi connectivity index (χ0n) is 13.7. The lowest BCUT2D eigenvalue weighted by Gasteiger charge is -2.12. The molecule has 0 radical (unpaired) electrons. The second-order valence-electron chi connectivity index (χ2n) is 5.54. The van der Waals surface area contributed by atoms with Crippen molar-refractivity contribution in [2.75, 3.05) is 4.72 Å². The molecule has 0 unspecified atom stereocenters. The number of sulfonamides is 1. The van der Waals surface area contributed by atoms with E-state index in [-0.39, 0.29) is 40.6 Å². The van der Waals surface area contributed by atoms with E-state index in [1.54, 1.807) is 0 Å². The second-order valence-corrected chi connectivity index (χ2v) is 10.3. The quantitative estimate of drug-likeness (QED) is 0.393. The number of alkyl halides is 3. The monoisotopic (exact) mass is 520 g/mol. The highest BCUT2D eigenvalue weighted by Crippen LogP contribution is 2.38. The van der Waals surface area contributed by atoms with Crippen LogP contribution in [0.15, 0.2) is 41.4 Å². The number of nitrogens with one attached hydrogen (secondary N) is 1. The minimum atomic E-state index is -4.62. The summed E-state index contributed by atoms with van der Waals surface area (Å²) in [5.74, 6) is 0. The van der Waals surface area contributed by atoms with Gasteiger partial charge in [-0.2, -0.15) is 13.2 Å². The van der Waals surface area contributed by atoms with Crippen molar-refractivity contribution in [3.8, 4) is 11.3 Å². The average molecular weight is 522 g/mol. The fraction of sp³-hybridized carbons (Fsp3) is 0.0625. The Labute approximate surface area is 187 Å². The number of hydrogen-bond acceptors (Lipinski definition) is 4. The molecule has 0 saturated heterocycles. The fourth-order valence-electron chi connectivity index (χ4n) is 2.27. The van der Waals surface area contributed by atoms with E-state index in [1.165, 1.54) is 18.2 Å². The number of hydrogen-bond donors (Lipinski definition) is 1. The van der Waals surface area contributed by atoms with Crippen LogP contribution < -0.4 is 4.72 Å². The molecule has 0 aliphatic rings. The lowest BCUT2D eigenvalue weighted by Crippen LogP contribution is -2.13. The molecular weight excluding hydrogens is 515 g/mol. The maximum atomic E-state index is 12.8. The normalized spacial score (nSPS) is 12.2. The molecule has 0 amide bonds. The first kappa shape index (κ1) is 22.5. The van der Waals surface area contributed by atoms with Crippen LogP contribution in [0.25, 0.3) is 11.3 Å². The van der Waals surface area contributed by atoms with Crippen molar-refractivity contribution in [1.82, 2.24) is 4.98 Å². The summed E-state index contributed by atoms with van der Waals surface area (Å²) in [5, 5.41) is -0.423. The molecule has 0 fully saturated rings. The largest absolute Gasteiger partial charge is 0.417 e. The Kier molecular flexibility index (Phi) is 6.29. The lowest BCUT2D eigenvalue weighted by molar-refractivity contribution is -0.137. The Morgan fingerprint density at radius 3 is 2.24 bits per heavy atom. The van der Waals surface area contributed by atoms with Crippen LogP contribution in [0.2, 0.25) is 18.7 Å². The van der Waals surface area contributed by atoms with Crippen molar-refractivity contribution < 1.29 is 21.6 Å². The Bertz CT molecular complexity index is 1200. The summed E-state index contributed by atoms with van der Waals surface area (Å²) in [6, 6.07) is 5.84. The van der Waals surface area contributed by atoms with E-state index in [9.17, 15) is 21.6 Å². The summed E-state index contributed by atoms with van der Waals surface area (Å²) in [5.41, 5.74) is -0.847. The van der Waals surface area contributed by atoms with Crippen molar-refractivity contribution in [2.45, 2.75) is 11.1 Å². The van der Waals surface area contributed by atoms with Crippen LogP contribution >= 0.6 is 57.7 Å². The molecule has 1 N–H and O–H groups in total. The Morgan fingerprint density at radius 1 is 1.00 bits per heavy atom. The fourth-order valence-corrected chi connectivity index (χ4v) is 5.64. The first-order chi connectivity index (χ1) is 13.4. The number of benzene rings is 1. The van der Waals surface area contributed by atoms with Crippen LogP contribution in [0.5, 0.6) is 0 Å². The van der Waals surface area contributed by atoms with E-state index in [4.69, 9.17) is 46.4 Å². The van der Waals surface area contributed by atoms with Gasteiger partial charge in [-0.3, -0.25) is 9.71 Å². The zero-order valence-corrected chi connectivity index (χ0v) is 18.3. The number of anilines is 1. The average Bonchev–Trinajstić information content (AvgIpc) is 2.91. The van der Waals surface area contributed by atoms with Gasteiger partial charge in [-0.25, -0.2) is 8.42 Å². The molecule has 2 aromatic heterocycles. The van der Waals surface area contributed by atoms with Crippen LogP contribution in [0, 0.1) is 0 Å². The van der Waals surface area contributed by atoms with E-state index < -0.39 is 21.8 Å². The first-order valence-electron chi connectivity index (χ1n) is 7.39. The molecule has 0 atom stereocenters. The number of aromatic nitrogens is 1. The van der Waals surface area contributed by atoms with Crippen molar-refractivity contribution >= 4 is 73.5 Å². The van der Waals surface area contributed by atoms with Crippen LogP contribution in [0.1, 0.15) is 5.56 Å². The maximum absolute atomic E-state index is 12.8. The molecule has 3 rings (SSSR count). The van der Waals surface area contributed by atoms with Gasteiger partial charge < -0.3 is 0 Å². The molecule has 154 valence electrons. The summed E-state index contributed by atoms with van der Waals surface area (Å²) in [7, 11) is -4.20. The van der Waals surface area contributed by atoms with Gasteiger partial charge in [-0.15, -0.1) is 11.3 Å². The minimum absolute atomic E-state index is 0.0376. The highest BCUT2D eigenvalue weighted by atomic mass is 35.5. The molecule has 1 aromatic carbocycles. The number of halogens is 7. The highest BCUT2D eigenvalue weighted by Gasteiger charge is 2.32. The van der Waals surface area contributed by atoms with Gasteiger partial charge in [0.05, 0.1) is 31.3 Å². The van der Waals surface area contributed by atoms with E-state index in [0.29, 0.717) is 12.3 Å². The van der Waals surface area contributed by atoms with Gasteiger partial charge in [-0.05, 0) is 24.3 Å². The zero-order chi connectivity index (χ0) is 21.6. The van der Waals surface area contributed by atoms with Crippen LogP contribution in [-0.4, -0.2) is 13.4 Å². The Morgan fingerprint density at radius 2 is 1.69 bits per heavy atom. The number of nitrogens with zero attached hydrogens (tertiary/aromatic N) is 1. The molecule has 3 aromatic rings. The van der Waals surface area contributed by atoms with Gasteiger partial charge in [0.1, 0.15) is 9.23 Å². The molecule has 0 aliphatic carbocycles. The van der Waals surface area contributed by atoms with Gasteiger partial charge in [0, 0.05) is 11.8 Å². The Balaban J connectivity index is 2.03. The van der Waals surface area contributed by atoms with Crippen molar-refractivity contribution in [3.63, 3.8) is 0 Å². The second kappa shape index (κ2) is 8.13. The smallest absolute Gasteiger partial charge is 0.277 e. The minimum Gasteiger partial charge on any atom is -0.277 e. The summed E-state index contributed by atoms with van der Waals surface area (Å²) in [4.78, 5) is 3.38. The SMILES string of the molecule is O=S(=O)(Nc1cc(Cl)sc1Cl)c1cc(-c2ncc(C(F)(F)F)cc2Cl)ccc1Cl. The standard InChI is InChI=1S/C16H7Cl4F3N2O2S2/c17-9-2-1-7(14-10(18)4-8(6-24-14)16(21,22)23)3-12(9)29(26,27)25-11-5-13(19)28-15(11)20/h1-6,25H. The number of thiophene rings is 1. The molecular formula is C16H7Cl4F3N2O2S2. The van der Waals surface area contributed by atoms with Crippen LogP contribution in [-0.2, 0) is 16.2 Å². The third-order valence-electron chi connectivity index (χ3n) is 3.56. The van der Waals surface area contributed by atoms with Crippen molar-refractivity contribution in [3.05, 3.63) is 60.8 Å². The third kappa shape index (κ3) is 4.92. The van der Waals surface area contributed by atoms with Crippen molar-refractivity contribution in [1.29, 1.82) is 0 Å². The van der Waals surface area contributed by atoms with E-state index in [1.807, 2.05) is 0 Å². The van der Waals surface area contributed by atoms with Crippen LogP contribution in [0.3, 0.4) is 0 Å². The summed E-state index contributed by atoms with van der Waals surface area (Å²) < 4.78 is 66.5. The molecule has 0 spiro atoms. The van der Waals surface area contributed by atoms with E-state index >= 15 is 0 Å². The Hall–Kier alpha value is -1.23. The summed E-state index contributed by atoms with van der Waals surface area (Å²) in [6.07, 6.45) is -4.01. The molecule has 0 saturated carbocycles. The topological polar surface area (TPSA) is 59.1 Å². The summed E-state index contributed by atoms with van der Waals surface area (Å²) in [6.45, 7) is 0. The number of pyridine rings is 1. The molecule has 4 nitrogen and oxygen atoms in total. The summed E-state index contributed by atoms with van der Waals surface area (Å²) >= 11 is 24.7. The molecule has 2 heterocycles. The molecule has 13 heteroatoms. The van der Waals surface area contributed by atoms with Crippen molar-refractivity contribution in [2.24, 2.45) is 0 Å². The first-order valence-corrected chi connectivity index (χ1v) is 11.2. The maximum Gasteiger partial charge on any atom is 0.417 e. The highest BCUT2D eigenvalue weighted by molar-refractivity contribution is 7.92. The third-order valence-corrected chi connectivity index (χ3v) is 7.19. The number of rotatable bonds is 4. The molecule has 0 aliphatic heterocycles. The van der Waals surface area contributed by atoms with E-state index in [2.05, 4.69) is 9.71 Å². The van der Waals surface area contributed by atoms with Gasteiger partial charge >= 0.3 is 6.18 Å². The molecule has 0 bridgehead atoms. The van der Waals surface area contributed by atoms with Gasteiger partial charge in [0.2, 0.25) is 0 Å². The van der Waals surface area contributed by atoms with Gasteiger partial charge in [0.15, 0.2) is 0 Å². The van der Waals surface area contributed by atoms with Gasteiger partial charge in [0.25, 0.3) is 10.0 Å². The van der Waals surface area contributed by atoms with E-state index in [0.717, 1.165) is 17.4 Å². The predicted octanol–water partition coefficient (Wildman–Crippen LogP) is 7.24. The van der Waals surface area contributed by atoms with Gasteiger partial charge in [-0.1, -0.05) is 52.5 Å². The molecule has 29 heavy (non-hydrogen) atoms. The lowest BCUT2D eigenvalue weighted by atomic mass is 10.1. The van der Waals surface area contributed by atoms with Crippen LogP contribution in [0.4, 0.5) is 18.9 Å². The predicted molar refractivity (Wildman–Crippen MR) is 110 cm³/mol.